The molecule has 0 radical (unpaired) electrons. The summed E-state index contributed by atoms with van der Waals surface area (Å²) in [4.78, 5) is 24.1. The summed E-state index contributed by atoms with van der Waals surface area (Å²) in [5, 5.41) is 10.1. The van der Waals surface area contributed by atoms with E-state index in [1.165, 1.54) is 6.07 Å². The number of rotatable bonds is 7. The molecular weight excluding hydrogens is 407 g/mol. The third kappa shape index (κ3) is 5.67. The minimum Gasteiger partial charge on any atom is -0.414 e. The van der Waals surface area contributed by atoms with Crippen molar-refractivity contribution in [3.05, 3.63) is 77.2 Å². The zero-order valence-corrected chi connectivity index (χ0v) is 15.6. The van der Waals surface area contributed by atoms with Crippen LogP contribution in [0.15, 0.2) is 64.2 Å². The SMILES string of the molecule is O=C(CSc1nnc(CNC(=O)c2cccc(C(F)(F)F)c2)o1)c1ccccc1. The number of nitrogens with one attached hydrogen (secondary N) is 1. The molecule has 10 heteroatoms. The van der Waals surface area contributed by atoms with Crippen molar-refractivity contribution >= 4 is 23.5 Å². The summed E-state index contributed by atoms with van der Waals surface area (Å²) in [6.07, 6.45) is -4.54. The lowest BCUT2D eigenvalue weighted by Crippen LogP contribution is -2.23. The first-order valence-electron chi connectivity index (χ1n) is 8.32. The second-order valence-electron chi connectivity index (χ2n) is 5.80. The van der Waals surface area contributed by atoms with Gasteiger partial charge in [-0.15, -0.1) is 10.2 Å². The van der Waals surface area contributed by atoms with Gasteiger partial charge in [0.15, 0.2) is 5.78 Å². The van der Waals surface area contributed by atoms with Crippen molar-refractivity contribution in [1.82, 2.24) is 15.5 Å². The Morgan fingerprint density at radius 2 is 1.72 bits per heavy atom. The van der Waals surface area contributed by atoms with Crippen molar-refractivity contribution in [2.75, 3.05) is 5.75 Å². The Kier molecular flexibility index (Phi) is 6.32. The summed E-state index contributed by atoms with van der Waals surface area (Å²) in [6, 6.07) is 12.8. The molecule has 29 heavy (non-hydrogen) atoms. The minimum absolute atomic E-state index is 0.0694. The normalized spacial score (nSPS) is 11.3. The predicted molar refractivity (Wildman–Crippen MR) is 98.4 cm³/mol. The van der Waals surface area contributed by atoms with Crippen molar-refractivity contribution in [1.29, 1.82) is 0 Å². The van der Waals surface area contributed by atoms with Crippen LogP contribution in [0.3, 0.4) is 0 Å². The first-order valence-corrected chi connectivity index (χ1v) is 9.30. The van der Waals surface area contributed by atoms with Gasteiger partial charge in [-0.2, -0.15) is 13.2 Å². The highest BCUT2D eigenvalue weighted by molar-refractivity contribution is 7.99. The van der Waals surface area contributed by atoms with Gasteiger partial charge in [0.25, 0.3) is 11.1 Å². The van der Waals surface area contributed by atoms with E-state index in [2.05, 4.69) is 15.5 Å². The number of aromatic nitrogens is 2. The lowest BCUT2D eigenvalue weighted by Gasteiger charge is -2.08. The van der Waals surface area contributed by atoms with Crippen LogP contribution in [0.4, 0.5) is 13.2 Å². The summed E-state index contributed by atoms with van der Waals surface area (Å²) in [5.74, 6) is -0.640. The lowest BCUT2D eigenvalue weighted by atomic mass is 10.1. The Morgan fingerprint density at radius 1 is 1.00 bits per heavy atom. The number of nitrogens with zero attached hydrogens (tertiary/aromatic N) is 2. The molecule has 1 amide bonds. The van der Waals surface area contributed by atoms with E-state index in [1.54, 1.807) is 24.3 Å². The summed E-state index contributed by atoms with van der Waals surface area (Å²) in [6.45, 7) is -0.157. The fourth-order valence-electron chi connectivity index (χ4n) is 2.30. The second-order valence-corrected chi connectivity index (χ2v) is 6.73. The van der Waals surface area contributed by atoms with Gasteiger partial charge in [0.2, 0.25) is 5.89 Å². The van der Waals surface area contributed by atoms with Gasteiger partial charge in [-0.25, -0.2) is 0 Å². The molecule has 3 aromatic rings. The first-order chi connectivity index (χ1) is 13.8. The average molecular weight is 421 g/mol. The highest BCUT2D eigenvalue weighted by Crippen LogP contribution is 2.29. The molecule has 0 bridgehead atoms. The monoisotopic (exact) mass is 421 g/mol. The number of hydrogen-bond donors (Lipinski definition) is 1. The third-order valence-electron chi connectivity index (χ3n) is 3.72. The molecule has 0 unspecified atom stereocenters. The Labute approximate surface area is 167 Å². The topological polar surface area (TPSA) is 85.1 Å². The number of carbonyl (C=O) groups is 2. The Hall–Kier alpha value is -3.14. The number of carbonyl (C=O) groups excluding carboxylic acids is 2. The fraction of sp³-hybridized carbons (Fsp3) is 0.158. The molecule has 0 spiro atoms. The van der Waals surface area contributed by atoms with Crippen LogP contribution in [0.1, 0.15) is 32.2 Å². The highest BCUT2D eigenvalue weighted by Gasteiger charge is 2.30. The fourth-order valence-corrected chi connectivity index (χ4v) is 2.97. The molecular formula is C19H14F3N3O3S. The number of amides is 1. The Balaban J connectivity index is 1.53. The van der Waals surface area contributed by atoms with Crippen molar-refractivity contribution in [3.8, 4) is 0 Å². The molecule has 1 N–H and O–H groups in total. The van der Waals surface area contributed by atoms with Gasteiger partial charge < -0.3 is 9.73 Å². The standard InChI is InChI=1S/C19H14F3N3O3S/c20-19(21,22)14-8-4-7-13(9-14)17(27)23-10-16-24-25-18(28-16)29-11-15(26)12-5-2-1-3-6-12/h1-9H,10-11H2,(H,23,27). The van der Waals surface area contributed by atoms with Crippen LogP contribution < -0.4 is 5.32 Å². The summed E-state index contributed by atoms with van der Waals surface area (Å²) >= 11 is 1.05. The third-order valence-corrected chi connectivity index (χ3v) is 4.54. The molecule has 1 aromatic heterocycles. The molecule has 0 aliphatic heterocycles. The van der Waals surface area contributed by atoms with Gasteiger partial charge in [0, 0.05) is 11.1 Å². The number of thioether (sulfide) groups is 1. The number of Topliss-reactive ketones (excluding diaryl/α,β-unsaturated/α-hetero) is 1. The molecule has 150 valence electrons. The average Bonchev–Trinajstić information content (AvgIpc) is 3.18. The Bertz CT molecular complexity index is 1010. The van der Waals surface area contributed by atoms with E-state index in [-0.39, 0.29) is 34.8 Å². The molecule has 6 nitrogen and oxygen atoms in total. The van der Waals surface area contributed by atoms with Gasteiger partial charge in [-0.05, 0) is 18.2 Å². The van der Waals surface area contributed by atoms with Crippen LogP contribution >= 0.6 is 11.8 Å². The van der Waals surface area contributed by atoms with Crippen molar-refractivity contribution < 1.29 is 27.2 Å². The maximum absolute atomic E-state index is 12.7. The van der Waals surface area contributed by atoms with Crippen molar-refractivity contribution in [3.63, 3.8) is 0 Å². The summed E-state index contributed by atoms with van der Waals surface area (Å²) in [7, 11) is 0. The van der Waals surface area contributed by atoms with Crippen molar-refractivity contribution in [2.45, 2.75) is 17.9 Å². The molecule has 0 atom stereocenters. The van der Waals surface area contributed by atoms with Gasteiger partial charge in [-0.1, -0.05) is 48.2 Å². The van der Waals surface area contributed by atoms with Gasteiger partial charge in [0.1, 0.15) is 0 Å². The maximum atomic E-state index is 12.7. The molecule has 0 saturated carbocycles. The summed E-state index contributed by atoms with van der Waals surface area (Å²) in [5.41, 5.74) is -0.486. The highest BCUT2D eigenvalue weighted by atomic mass is 32.2. The van der Waals surface area contributed by atoms with E-state index >= 15 is 0 Å². The van der Waals surface area contributed by atoms with E-state index in [1.807, 2.05) is 6.07 Å². The lowest BCUT2D eigenvalue weighted by molar-refractivity contribution is -0.137. The summed E-state index contributed by atoms with van der Waals surface area (Å²) < 4.78 is 43.5. The largest absolute Gasteiger partial charge is 0.416 e. The van der Waals surface area contributed by atoms with E-state index in [0.717, 1.165) is 30.0 Å². The Morgan fingerprint density at radius 3 is 2.45 bits per heavy atom. The molecule has 0 fully saturated rings. The smallest absolute Gasteiger partial charge is 0.414 e. The van der Waals surface area contributed by atoms with Crippen LogP contribution in [0.25, 0.3) is 0 Å². The molecule has 0 saturated heterocycles. The molecule has 0 aliphatic rings. The number of hydrogen-bond acceptors (Lipinski definition) is 6. The molecule has 3 rings (SSSR count). The van der Waals surface area contributed by atoms with Crippen LogP contribution in [0.5, 0.6) is 0 Å². The number of halogens is 3. The van der Waals surface area contributed by atoms with Crippen LogP contribution in [0, 0.1) is 0 Å². The zero-order chi connectivity index (χ0) is 20.9. The zero-order valence-electron chi connectivity index (χ0n) is 14.8. The predicted octanol–water partition coefficient (Wildman–Crippen LogP) is 3.99. The quantitative estimate of drug-likeness (QED) is 0.459. The van der Waals surface area contributed by atoms with Crippen molar-refractivity contribution in [2.24, 2.45) is 0 Å². The van der Waals surface area contributed by atoms with Crippen LogP contribution in [0.2, 0.25) is 0 Å². The number of alkyl halides is 3. The molecule has 2 aromatic carbocycles. The van der Waals surface area contributed by atoms with E-state index in [4.69, 9.17) is 4.42 Å². The van der Waals surface area contributed by atoms with E-state index in [9.17, 15) is 22.8 Å². The van der Waals surface area contributed by atoms with E-state index in [0.29, 0.717) is 5.56 Å². The first kappa shape index (κ1) is 20.6. The van der Waals surface area contributed by atoms with Crippen LogP contribution in [-0.2, 0) is 12.7 Å². The second kappa shape index (κ2) is 8.91. The van der Waals surface area contributed by atoms with Gasteiger partial charge in [0.05, 0.1) is 17.9 Å². The van der Waals surface area contributed by atoms with E-state index < -0.39 is 17.6 Å². The number of benzene rings is 2. The van der Waals surface area contributed by atoms with Gasteiger partial charge >= 0.3 is 6.18 Å². The number of ketones is 1. The maximum Gasteiger partial charge on any atom is 0.416 e. The van der Waals surface area contributed by atoms with Crippen LogP contribution in [-0.4, -0.2) is 27.6 Å². The molecule has 1 heterocycles. The minimum atomic E-state index is -4.54. The molecule has 0 aliphatic carbocycles. The van der Waals surface area contributed by atoms with Gasteiger partial charge in [-0.3, -0.25) is 9.59 Å².